The molecule has 0 spiro atoms. The number of aliphatic carboxylic acids is 2. The zero-order valence-corrected chi connectivity index (χ0v) is 15.8. The minimum Gasteiger partial charge on any atom is -0.478 e. The second-order valence-corrected chi connectivity index (χ2v) is 6.59. The third-order valence-corrected chi connectivity index (χ3v) is 4.71. The largest absolute Gasteiger partial charge is 0.478 e. The van der Waals surface area contributed by atoms with Gasteiger partial charge >= 0.3 is 11.9 Å². The Hall–Kier alpha value is -3.14. The van der Waals surface area contributed by atoms with Gasteiger partial charge in [-0.25, -0.2) is 9.59 Å². The van der Waals surface area contributed by atoms with Crippen molar-refractivity contribution in [3.63, 3.8) is 0 Å². The summed E-state index contributed by atoms with van der Waals surface area (Å²) in [6.45, 7) is 5.12. The third kappa shape index (κ3) is 4.94. The van der Waals surface area contributed by atoms with E-state index in [1.54, 1.807) is 13.8 Å². The average molecular weight is 364 g/mol. The number of carboxylic acids is 2. The summed E-state index contributed by atoms with van der Waals surface area (Å²) in [5.74, 6) is -2.12. The molecule has 0 saturated heterocycles. The Kier molecular flexibility index (Phi) is 6.72. The standard InChI is InChI=1S/C23H24O4/c1-15(21(17(3)23(26)27)19-12-8-5-9-13-19)14-20(16(2)22(24)25)18-10-6-4-7-11-18/h4-13,15H,14H2,1-3H3,(H,24,25)(H,26,27). The van der Waals surface area contributed by atoms with Gasteiger partial charge in [0.15, 0.2) is 0 Å². The Morgan fingerprint density at radius 3 is 1.67 bits per heavy atom. The van der Waals surface area contributed by atoms with Crippen LogP contribution in [-0.4, -0.2) is 22.2 Å². The lowest BCUT2D eigenvalue weighted by Gasteiger charge is -2.21. The maximum atomic E-state index is 11.7. The highest BCUT2D eigenvalue weighted by Gasteiger charge is 2.21. The van der Waals surface area contributed by atoms with Crippen molar-refractivity contribution >= 4 is 23.1 Å². The van der Waals surface area contributed by atoms with Gasteiger partial charge < -0.3 is 10.2 Å². The van der Waals surface area contributed by atoms with E-state index in [1.807, 2.05) is 67.6 Å². The van der Waals surface area contributed by atoms with Crippen LogP contribution in [-0.2, 0) is 9.59 Å². The number of allylic oxidation sites excluding steroid dienone is 2. The Morgan fingerprint density at radius 2 is 1.22 bits per heavy atom. The summed E-state index contributed by atoms with van der Waals surface area (Å²) >= 11 is 0. The molecule has 0 aliphatic carbocycles. The van der Waals surface area contributed by atoms with E-state index >= 15 is 0 Å². The zero-order valence-electron chi connectivity index (χ0n) is 15.8. The summed E-state index contributed by atoms with van der Waals surface area (Å²) < 4.78 is 0. The van der Waals surface area contributed by atoms with E-state index in [9.17, 15) is 19.8 Å². The fraction of sp³-hybridized carbons (Fsp3) is 0.217. The van der Waals surface area contributed by atoms with Crippen LogP contribution in [0.1, 0.15) is 38.3 Å². The van der Waals surface area contributed by atoms with Crippen molar-refractivity contribution in [1.29, 1.82) is 0 Å². The van der Waals surface area contributed by atoms with E-state index in [-0.39, 0.29) is 17.1 Å². The van der Waals surface area contributed by atoms with Crippen LogP contribution in [0.25, 0.3) is 11.1 Å². The molecule has 0 fully saturated rings. The maximum Gasteiger partial charge on any atom is 0.331 e. The van der Waals surface area contributed by atoms with E-state index in [0.717, 1.165) is 16.7 Å². The highest BCUT2D eigenvalue weighted by Crippen LogP contribution is 2.35. The van der Waals surface area contributed by atoms with Crippen LogP contribution < -0.4 is 0 Å². The van der Waals surface area contributed by atoms with Crippen molar-refractivity contribution in [1.82, 2.24) is 0 Å². The number of carbonyl (C=O) groups is 2. The summed E-state index contributed by atoms with van der Waals surface area (Å²) in [6.07, 6.45) is 0.428. The monoisotopic (exact) mass is 364 g/mol. The fourth-order valence-corrected chi connectivity index (χ4v) is 3.27. The number of benzene rings is 2. The minimum atomic E-state index is -0.971. The molecule has 27 heavy (non-hydrogen) atoms. The fourth-order valence-electron chi connectivity index (χ4n) is 3.27. The van der Waals surface area contributed by atoms with Gasteiger partial charge in [-0.15, -0.1) is 0 Å². The van der Waals surface area contributed by atoms with Crippen molar-refractivity contribution in [3.8, 4) is 0 Å². The Bertz CT molecular complexity index is 877. The van der Waals surface area contributed by atoms with Crippen LogP contribution in [0.3, 0.4) is 0 Å². The van der Waals surface area contributed by atoms with E-state index in [4.69, 9.17) is 0 Å². The van der Waals surface area contributed by atoms with Crippen LogP contribution >= 0.6 is 0 Å². The van der Waals surface area contributed by atoms with Gasteiger partial charge in [-0.3, -0.25) is 0 Å². The van der Waals surface area contributed by atoms with Gasteiger partial charge in [0.05, 0.1) is 0 Å². The molecule has 0 amide bonds. The van der Waals surface area contributed by atoms with Gasteiger partial charge in [0.25, 0.3) is 0 Å². The molecule has 1 atom stereocenters. The first-order valence-corrected chi connectivity index (χ1v) is 8.80. The molecular formula is C23H24O4. The van der Waals surface area contributed by atoms with Gasteiger partial charge in [-0.2, -0.15) is 0 Å². The molecule has 0 heterocycles. The minimum absolute atomic E-state index is 0.173. The molecule has 0 radical (unpaired) electrons. The van der Waals surface area contributed by atoms with E-state index < -0.39 is 11.9 Å². The first-order valence-electron chi connectivity index (χ1n) is 8.80. The number of hydrogen-bond acceptors (Lipinski definition) is 2. The van der Waals surface area contributed by atoms with Gasteiger partial charge in [0.2, 0.25) is 0 Å². The summed E-state index contributed by atoms with van der Waals surface area (Å²) in [7, 11) is 0. The second kappa shape index (κ2) is 8.99. The first-order chi connectivity index (χ1) is 12.8. The second-order valence-electron chi connectivity index (χ2n) is 6.59. The molecule has 0 saturated carbocycles. The Morgan fingerprint density at radius 1 is 0.778 bits per heavy atom. The lowest BCUT2D eigenvalue weighted by molar-refractivity contribution is -0.133. The van der Waals surface area contributed by atoms with Crippen molar-refractivity contribution in [3.05, 3.63) is 82.9 Å². The number of hydrogen-bond donors (Lipinski definition) is 2. The summed E-state index contributed by atoms with van der Waals surface area (Å²) in [4.78, 5) is 23.3. The van der Waals surface area contributed by atoms with Crippen LogP contribution in [0.5, 0.6) is 0 Å². The summed E-state index contributed by atoms with van der Waals surface area (Å²) in [6, 6.07) is 18.8. The molecule has 0 aromatic heterocycles. The lowest BCUT2D eigenvalue weighted by atomic mass is 9.83. The maximum absolute atomic E-state index is 11.7. The Balaban J connectivity index is 2.53. The average Bonchev–Trinajstić information content (AvgIpc) is 2.67. The molecule has 2 aromatic rings. The van der Waals surface area contributed by atoms with Crippen LogP contribution in [0.4, 0.5) is 0 Å². The molecule has 2 rings (SSSR count). The van der Waals surface area contributed by atoms with Crippen LogP contribution in [0.15, 0.2) is 71.8 Å². The van der Waals surface area contributed by atoms with E-state index in [0.29, 0.717) is 12.0 Å². The molecule has 140 valence electrons. The van der Waals surface area contributed by atoms with Gasteiger partial charge in [-0.05, 0) is 48.5 Å². The molecule has 2 N–H and O–H groups in total. The van der Waals surface area contributed by atoms with Gasteiger partial charge in [0, 0.05) is 11.1 Å². The quantitative estimate of drug-likeness (QED) is 0.668. The normalized spacial score (nSPS) is 14.0. The smallest absolute Gasteiger partial charge is 0.331 e. The van der Waals surface area contributed by atoms with Crippen molar-refractivity contribution in [2.75, 3.05) is 0 Å². The molecule has 2 aromatic carbocycles. The summed E-state index contributed by atoms with van der Waals surface area (Å²) in [5, 5.41) is 19.1. The summed E-state index contributed by atoms with van der Waals surface area (Å²) in [5.41, 5.74) is 3.65. The molecule has 0 bridgehead atoms. The molecule has 0 aliphatic heterocycles. The highest BCUT2D eigenvalue weighted by atomic mass is 16.4. The van der Waals surface area contributed by atoms with E-state index in [1.165, 1.54) is 0 Å². The molecule has 4 heteroatoms. The topological polar surface area (TPSA) is 74.6 Å². The molecular weight excluding hydrogens is 340 g/mol. The lowest BCUT2D eigenvalue weighted by Crippen LogP contribution is -2.10. The molecule has 1 unspecified atom stereocenters. The van der Waals surface area contributed by atoms with E-state index in [2.05, 4.69) is 0 Å². The third-order valence-electron chi connectivity index (χ3n) is 4.71. The van der Waals surface area contributed by atoms with Gasteiger partial charge in [-0.1, -0.05) is 67.6 Å². The van der Waals surface area contributed by atoms with Crippen LogP contribution in [0, 0.1) is 5.92 Å². The predicted octanol–water partition coefficient (Wildman–Crippen LogP) is 5.13. The van der Waals surface area contributed by atoms with Crippen molar-refractivity contribution in [2.45, 2.75) is 27.2 Å². The zero-order chi connectivity index (χ0) is 20.0. The highest BCUT2D eigenvalue weighted by molar-refractivity contribution is 5.98. The number of rotatable bonds is 7. The Labute approximate surface area is 159 Å². The predicted molar refractivity (Wildman–Crippen MR) is 107 cm³/mol. The van der Waals surface area contributed by atoms with Crippen LogP contribution in [0.2, 0.25) is 0 Å². The SMILES string of the molecule is CC(C(=O)O)=C(CC(C)C(=C(C)C(=O)O)c1ccccc1)c1ccccc1. The van der Waals surface area contributed by atoms with Crippen molar-refractivity contribution in [2.24, 2.45) is 5.92 Å². The number of carboxylic acid groups (broad SMARTS) is 2. The molecule has 0 aliphatic rings. The van der Waals surface area contributed by atoms with Crippen molar-refractivity contribution < 1.29 is 19.8 Å². The van der Waals surface area contributed by atoms with Gasteiger partial charge in [0.1, 0.15) is 0 Å². The molecule has 4 nitrogen and oxygen atoms in total. The first kappa shape index (κ1) is 20.2.